The molecule has 1 aromatic rings. The number of carbonyl (C=O) groups is 1. The van der Waals surface area contributed by atoms with Crippen molar-refractivity contribution in [1.29, 1.82) is 0 Å². The van der Waals surface area contributed by atoms with Crippen LogP contribution in [0.1, 0.15) is 32.1 Å². The molecule has 0 spiro atoms. The molecule has 0 aliphatic carbocycles. The molecule has 2 unspecified atom stereocenters. The van der Waals surface area contributed by atoms with E-state index in [1.165, 1.54) is 6.42 Å². The molecule has 84 valence electrons. The Morgan fingerprint density at radius 2 is 1.75 bits per heavy atom. The Balaban J connectivity index is 1.92. The first-order chi connectivity index (χ1) is 7.84. The lowest BCUT2D eigenvalue weighted by Crippen LogP contribution is -2.52. The van der Waals surface area contributed by atoms with Crippen molar-refractivity contribution in [3.8, 4) is 0 Å². The van der Waals surface area contributed by atoms with E-state index in [2.05, 4.69) is 14.9 Å². The minimum atomic E-state index is 0.381. The first kappa shape index (κ1) is 9.75. The van der Waals surface area contributed by atoms with Crippen LogP contribution in [-0.2, 0) is 4.79 Å². The molecule has 0 saturated carbocycles. The van der Waals surface area contributed by atoms with Crippen LogP contribution in [0, 0.1) is 0 Å². The molecule has 3 heterocycles. The summed E-state index contributed by atoms with van der Waals surface area (Å²) in [5.74, 6) is 0.419. The van der Waals surface area contributed by atoms with Crippen molar-refractivity contribution in [2.75, 3.05) is 4.90 Å². The van der Waals surface area contributed by atoms with Crippen LogP contribution in [0.25, 0.3) is 0 Å². The van der Waals surface area contributed by atoms with Crippen molar-refractivity contribution < 1.29 is 4.79 Å². The Hall–Kier alpha value is -1.45. The zero-order valence-electron chi connectivity index (χ0n) is 9.17. The molecule has 16 heavy (non-hydrogen) atoms. The van der Waals surface area contributed by atoms with Crippen LogP contribution in [0.3, 0.4) is 0 Å². The highest BCUT2D eigenvalue weighted by molar-refractivity contribution is 5.82. The summed E-state index contributed by atoms with van der Waals surface area (Å²) in [6.07, 6.45) is 10.1. The van der Waals surface area contributed by atoms with E-state index in [-0.39, 0.29) is 0 Å². The van der Waals surface area contributed by atoms with Crippen LogP contribution in [0.15, 0.2) is 18.7 Å². The second-order valence-electron chi connectivity index (χ2n) is 4.69. The van der Waals surface area contributed by atoms with Gasteiger partial charge in [0.1, 0.15) is 12.1 Å². The number of nitrogens with zero attached hydrogens (tertiary/aromatic N) is 3. The average Bonchev–Trinajstić information content (AvgIpc) is 2.29. The van der Waals surface area contributed by atoms with Gasteiger partial charge in [0.05, 0.1) is 18.1 Å². The van der Waals surface area contributed by atoms with Gasteiger partial charge < -0.3 is 4.90 Å². The molecule has 4 heteroatoms. The van der Waals surface area contributed by atoms with Gasteiger partial charge in [-0.1, -0.05) is 0 Å². The molecule has 2 fully saturated rings. The summed E-state index contributed by atoms with van der Waals surface area (Å²) in [7, 11) is 0. The van der Waals surface area contributed by atoms with E-state index < -0.39 is 0 Å². The molecule has 0 amide bonds. The summed E-state index contributed by atoms with van der Waals surface area (Å²) in [6.45, 7) is 0. The lowest BCUT2D eigenvalue weighted by Gasteiger charge is -2.46. The highest BCUT2D eigenvalue weighted by atomic mass is 16.1. The predicted molar refractivity (Wildman–Crippen MR) is 60.2 cm³/mol. The lowest BCUT2D eigenvalue weighted by molar-refractivity contribution is -0.121. The minimum Gasteiger partial charge on any atom is -0.362 e. The highest BCUT2D eigenvalue weighted by Gasteiger charge is 2.37. The lowest BCUT2D eigenvalue weighted by atomic mass is 9.83. The topological polar surface area (TPSA) is 46.1 Å². The van der Waals surface area contributed by atoms with Gasteiger partial charge in [0.15, 0.2) is 0 Å². The highest BCUT2D eigenvalue weighted by Crippen LogP contribution is 2.35. The maximum Gasteiger partial charge on any atom is 0.137 e. The first-order valence-electron chi connectivity index (χ1n) is 5.89. The van der Waals surface area contributed by atoms with Gasteiger partial charge in [-0.15, -0.1) is 0 Å². The van der Waals surface area contributed by atoms with Crippen molar-refractivity contribution in [2.45, 2.75) is 44.2 Å². The molecule has 2 aliphatic heterocycles. The Morgan fingerprint density at radius 1 is 1.12 bits per heavy atom. The molecule has 1 aromatic heterocycles. The first-order valence-corrected chi connectivity index (χ1v) is 5.89. The Labute approximate surface area is 94.7 Å². The summed E-state index contributed by atoms with van der Waals surface area (Å²) in [5.41, 5.74) is 1.07. The third-order valence-electron chi connectivity index (χ3n) is 3.63. The van der Waals surface area contributed by atoms with Crippen LogP contribution in [0.2, 0.25) is 0 Å². The van der Waals surface area contributed by atoms with Gasteiger partial charge in [0, 0.05) is 24.9 Å². The molecule has 2 saturated heterocycles. The van der Waals surface area contributed by atoms with Crippen molar-refractivity contribution in [3.05, 3.63) is 18.7 Å². The number of carbonyl (C=O) groups excluding carboxylic acids is 1. The Morgan fingerprint density at radius 3 is 2.38 bits per heavy atom. The van der Waals surface area contributed by atoms with E-state index in [9.17, 15) is 4.79 Å². The van der Waals surface area contributed by atoms with Crippen LogP contribution in [-0.4, -0.2) is 27.8 Å². The quantitative estimate of drug-likeness (QED) is 0.716. The summed E-state index contributed by atoms with van der Waals surface area (Å²) in [5, 5.41) is 0. The number of ketones is 1. The van der Waals surface area contributed by atoms with Crippen LogP contribution >= 0.6 is 0 Å². The van der Waals surface area contributed by atoms with Crippen LogP contribution in [0.5, 0.6) is 0 Å². The molecule has 0 radical (unpaired) electrons. The normalized spacial score (nSPS) is 29.2. The fraction of sp³-hybridized carbons (Fsp3) is 0.583. The van der Waals surface area contributed by atoms with E-state index in [1.807, 2.05) is 12.4 Å². The second kappa shape index (κ2) is 3.85. The van der Waals surface area contributed by atoms with Crippen LogP contribution < -0.4 is 4.90 Å². The average molecular weight is 217 g/mol. The van der Waals surface area contributed by atoms with E-state index in [0.717, 1.165) is 18.5 Å². The van der Waals surface area contributed by atoms with Crippen LogP contribution in [0.4, 0.5) is 5.69 Å². The molecular formula is C12H15N3O. The smallest absolute Gasteiger partial charge is 0.137 e. The molecule has 0 N–H and O–H groups in total. The van der Waals surface area contributed by atoms with Crippen molar-refractivity contribution in [2.24, 2.45) is 0 Å². The SMILES string of the molecule is O=C1CC2CCCC(C1)N2c1cncnc1. The maximum absolute atomic E-state index is 11.6. The third kappa shape index (κ3) is 1.58. The predicted octanol–water partition coefficient (Wildman–Crippen LogP) is 1.57. The summed E-state index contributed by atoms with van der Waals surface area (Å²) >= 11 is 0. The van der Waals surface area contributed by atoms with Gasteiger partial charge >= 0.3 is 0 Å². The fourth-order valence-electron chi connectivity index (χ4n) is 3.02. The number of fused-ring (bicyclic) bond motifs is 2. The van der Waals surface area contributed by atoms with Gasteiger partial charge in [-0.25, -0.2) is 9.97 Å². The zero-order valence-corrected chi connectivity index (χ0v) is 9.17. The molecule has 3 rings (SSSR count). The summed E-state index contributed by atoms with van der Waals surface area (Å²) in [4.78, 5) is 22.1. The maximum atomic E-state index is 11.6. The number of piperidine rings is 2. The number of rotatable bonds is 1. The van der Waals surface area contributed by atoms with Gasteiger partial charge in [-0.3, -0.25) is 4.79 Å². The third-order valence-corrected chi connectivity index (χ3v) is 3.63. The Bertz CT molecular complexity index is 377. The van der Waals surface area contributed by atoms with Crippen molar-refractivity contribution >= 4 is 11.5 Å². The van der Waals surface area contributed by atoms with E-state index >= 15 is 0 Å². The van der Waals surface area contributed by atoms with Gasteiger partial charge in [-0.2, -0.15) is 0 Å². The standard InChI is InChI=1S/C12H15N3O/c16-12-4-9-2-1-3-10(5-12)15(9)11-6-13-8-14-7-11/h6-10H,1-5H2. The van der Waals surface area contributed by atoms with E-state index in [0.29, 0.717) is 30.7 Å². The second-order valence-corrected chi connectivity index (χ2v) is 4.69. The van der Waals surface area contributed by atoms with Gasteiger partial charge in [-0.05, 0) is 19.3 Å². The molecule has 2 aliphatic rings. The molecule has 2 bridgehead atoms. The fourth-order valence-corrected chi connectivity index (χ4v) is 3.02. The molecule has 2 atom stereocenters. The van der Waals surface area contributed by atoms with Crippen molar-refractivity contribution in [1.82, 2.24) is 9.97 Å². The zero-order chi connectivity index (χ0) is 11.0. The largest absolute Gasteiger partial charge is 0.362 e. The molecular weight excluding hydrogens is 202 g/mol. The molecule has 4 nitrogen and oxygen atoms in total. The Kier molecular flexibility index (Phi) is 2.35. The van der Waals surface area contributed by atoms with E-state index in [1.54, 1.807) is 6.33 Å². The number of anilines is 1. The van der Waals surface area contributed by atoms with E-state index in [4.69, 9.17) is 0 Å². The number of hydrogen-bond acceptors (Lipinski definition) is 4. The number of aromatic nitrogens is 2. The summed E-state index contributed by atoms with van der Waals surface area (Å²) in [6, 6.07) is 0.761. The number of hydrogen-bond donors (Lipinski definition) is 0. The number of Topliss-reactive ketones (excluding diaryl/α,β-unsaturated/α-hetero) is 1. The van der Waals surface area contributed by atoms with Crippen molar-refractivity contribution in [3.63, 3.8) is 0 Å². The summed E-state index contributed by atoms with van der Waals surface area (Å²) < 4.78 is 0. The van der Waals surface area contributed by atoms with Gasteiger partial charge in [0.2, 0.25) is 0 Å². The molecule has 0 aromatic carbocycles. The monoisotopic (exact) mass is 217 g/mol. The van der Waals surface area contributed by atoms with Gasteiger partial charge in [0.25, 0.3) is 0 Å². The minimum absolute atomic E-state index is 0.381.